The van der Waals surface area contributed by atoms with Gasteiger partial charge in [0, 0.05) is 45.3 Å². The molecule has 1 amide bonds. The first-order valence-corrected chi connectivity index (χ1v) is 8.78. The molecule has 1 aromatic heterocycles. The highest BCUT2D eigenvalue weighted by atomic mass is 16.2. The Kier molecular flexibility index (Phi) is 4.21. The molecule has 0 aliphatic carbocycles. The van der Waals surface area contributed by atoms with Gasteiger partial charge in [0.2, 0.25) is 11.9 Å². The smallest absolute Gasteiger partial charge is 0.247 e. The minimum absolute atomic E-state index is 0.123. The Balaban J connectivity index is 1.56. The van der Waals surface area contributed by atoms with Gasteiger partial charge in [0.1, 0.15) is 0 Å². The van der Waals surface area contributed by atoms with E-state index in [1.54, 1.807) is 13.1 Å². The topological polar surface area (TPSA) is 65.5 Å². The number of rotatable bonds is 2. The zero-order valence-electron chi connectivity index (χ0n) is 14.4. The monoisotopic (exact) mass is 338 g/mol. The summed E-state index contributed by atoms with van der Waals surface area (Å²) in [4.78, 5) is 22.4. The molecule has 1 aromatic carbocycles. The number of para-hydroxylation sites is 1. The average molecular weight is 338 g/mol. The van der Waals surface area contributed by atoms with E-state index in [1.165, 1.54) is 11.3 Å². The molecular weight excluding hydrogens is 316 g/mol. The van der Waals surface area contributed by atoms with E-state index in [9.17, 15) is 4.79 Å². The molecule has 0 radical (unpaired) electrons. The van der Waals surface area contributed by atoms with Gasteiger partial charge in [-0.2, -0.15) is 10.1 Å². The van der Waals surface area contributed by atoms with Crippen LogP contribution < -0.4 is 9.80 Å². The summed E-state index contributed by atoms with van der Waals surface area (Å²) in [5, 5.41) is 8.40. The number of hydrogen-bond acceptors (Lipinski definition) is 6. The van der Waals surface area contributed by atoms with E-state index in [0.717, 1.165) is 38.3 Å². The number of piperazine rings is 1. The van der Waals surface area contributed by atoms with Crippen LogP contribution in [0.2, 0.25) is 0 Å². The molecule has 2 aliphatic rings. The van der Waals surface area contributed by atoms with Crippen LogP contribution >= 0.6 is 0 Å². The number of carbonyl (C=O) groups excluding carboxylic acids is 1. The molecule has 0 spiro atoms. The van der Waals surface area contributed by atoms with Crippen molar-refractivity contribution in [1.29, 1.82) is 0 Å². The van der Waals surface area contributed by atoms with Crippen molar-refractivity contribution in [2.45, 2.75) is 19.8 Å². The summed E-state index contributed by atoms with van der Waals surface area (Å²) in [6, 6.07) is 8.47. The van der Waals surface area contributed by atoms with Crippen LogP contribution in [-0.4, -0.2) is 58.7 Å². The predicted molar refractivity (Wildman–Crippen MR) is 96.1 cm³/mol. The molecule has 0 atom stereocenters. The maximum Gasteiger partial charge on any atom is 0.247 e. The summed E-state index contributed by atoms with van der Waals surface area (Å²) < 4.78 is 0. The summed E-state index contributed by atoms with van der Waals surface area (Å²) in [7, 11) is 0. The number of aryl methyl sites for hydroxylation is 1. The highest BCUT2D eigenvalue weighted by Crippen LogP contribution is 2.32. The molecule has 0 unspecified atom stereocenters. The number of nitrogens with zero attached hydrogens (tertiary/aromatic N) is 6. The average Bonchev–Trinajstić information content (AvgIpc) is 2.68. The van der Waals surface area contributed by atoms with Gasteiger partial charge in [-0.3, -0.25) is 4.79 Å². The first-order valence-electron chi connectivity index (χ1n) is 8.78. The number of hydrogen-bond donors (Lipinski definition) is 0. The predicted octanol–water partition coefficient (Wildman–Crippen LogP) is 1.62. The summed E-state index contributed by atoms with van der Waals surface area (Å²) >= 11 is 0. The second-order valence-electron chi connectivity index (χ2n) is 6.49. The molecule has 1 fully saturated rings. The van der Waals surface area contributed by atoms with Crippen molar-refractivity contribution >= 4 is 23.4 Å². The Labute approximate surface area is 147 Å². The minimum Gasteiger partial charge on any atom is -0.339 e. The third-order valence-electron chi connectivity index (χ3n) is 4.93. The number of amides is 1. The van der Waals surface area contributed by atoms with Crippen molar-refractivity contribution < 1.29 is 4.79 Å². The van der Waals surface area contributed by atoms with E-state index in [-0.39, 0.29) is 5.91 Å². The lowest BCUT2D eigenvalue weighted by molar-refractivity contribution is -0.129. The Bertz CT molecular complexity index is 772. The first kappa shape index (κ1) is 15.8. The molecule has 2 aromatic rings. The van der Waals surface area contributed by atoms with E-state index < -0.39 is 0 Å². The standard InChI is InChI=1S/C18H22N6O/c1-14(25)22-9-11-23(12-10-22)18-20-17(13-19-21-18)24-8-4-6-15-5-2-3-7-16(15)24/h2-3,5,7,13H,4,6,8-12H2,1H3. The molecule has 0 bridgehead atoms. The lowest BCUT2D eigenvalue weighted by Gasteiger charge is -2.34. The van der Waals surface area contributed by atoms with Gasteiger partial charge in [0.25, 0.3) is 0 Å². The van der Waals surface area contributed by atoms with Crippen LogP contribution in [0.1, 0.15) is 18.9 Å². The third-order valence-corrected chi connectivity index (χ3v) is 4.93. The molecule has 0 N–H and O–H groups in total. The molecule has 130 valence electrons. The van der Waals surface area contributed by atoms with Gasteiger partial charge in [0.15, 0.2) is 5.82 Å². The fraction of sp³-hybridized carbons (Fsp3) is 0.444. The van der Waals surface area contributed by atoms with Crippen molar-refractivity contribution in [2.24, 2.45) is 0 Å². The van der Waals surface area contributed by atoms with Gasteiger partial charge >= 0.3 is 0 Å². The highest BCUT2D eigenvalue weighted by Gasteiger charge is 2.23. The van der Waals surface area contributed by atoms with E-state index in [0.29, 0.717) is 19.0 Å². The quantitative estimate of drug-likeness (QED) is 0.829. The van der Waals surface area contributed by atoms with E-state index in [2.05, 4.69) is 44.3 Å². The Morgan fingerprint density at radius 3 is 2.68 bits per heavy atom. The molecule has 3 heterocycles. The maximum absolute atomic E-state index is 11.5. The van der Waals surface area contributed by atoms with Gasteiger partial charge < -0.3 is 14.7 Å². The lowest BCUT2D eigenvalue weighted by atomic mass is 10.0. The highest BCUT2D eigenvalue weighted by molar-refractivity contribution is 5.73. The second-order valence-corrected chi connectivity index (χ2v) is 6.49. The largest absolute Gasteiger partial charge is 0.339 e. The van der Waals surface area contributed by atoms with Gasteiger partial charge in [-0.1, -0.05) is 18.2 Å². The van der Waals surface area contributed by atoms with Crippen molar-refractivity contribution in [3.63, 3.8) is 0 Å². The molecule has 25 heavy (non-hydrogen) atoms. The normalized spacial score (nSPS) is 17.4. The summed E-state index contributed by atoms with van der Waals surface area (Å²) in [5.41, 5.74) is 2.56. The lowest BCUT2D eigenvalue weighted by Crippen LogP contribution is -2.48. The van der Waals surface area contributed by atoms with Crippen molar-refractivity contribution in [3.8, 4) is 0 Å². The maximum atomic E-state index is 11.5. The molecule has 1 saturated heterocycles. The number of benzene rings is 1. The van der Waals surface area contributed by atoms with Crippen LogP contribution in [0.3, 0.4) is 0 Å². The van der Waals surface area contributed by atoms with Gasteiger partial charge in [-0.25, -0.2) is 0 Å². The molecule has 2 aliphatic heterocycles. The molecule has 7 nitrogen and oxygen atoms in total. The molecule has 0 saturated carbocycles. The molecule has 4 rings (SSSR count). The van der Waals surface area contributed by atoms with Gasteiger partial charge in [-0.15, -0.1) is 5.10 Å². The summed E-state index contributed by atoms with van der Waals surface area (Å²) in [5.74, 6) is 1.60. The van der Waals surface area contributed by atoms with Crippen LogP contribution in [0.15, 0.2) is 30.5 Å². The Hall–Kier alpha value is -2.70. The van der Waals surface area contributed by atoms with Crippen molar-refractivity contribution in [3.05, 3.63) is 36.0 Å². The van der Waals surface area contributed by atoms with E-state index in [1.807, 2.05) is 4.90 Å². The zero-order valence-corrected chi connectivity index (χ0v) is 14.4. The van der Waals surface area contributed by atoms with Crippen LogP contribution in [0.25, 0.3) is 0 Å². The van der Waals surface area contributed by atoms with Crippen LogP contribution in [0, 0.1) is 0 Å². The third kappa shape index (κ3) is 3.14. The fourth-order valence-electron chi connectivity index (χ4n) is 3.54. The van der Waals surface area contributed by atoms with Crippen LogP contribution in [-0.2, 0) is 11.2 Å². The first-order chi connectivity index (χ1) is 12.2. The number of aromatic nitrogens is 3. The summed E-state index contributed by atoms with van der Waals surface area (Å²) in [6.45, 7) is 5.43. The Morgan fingerprint density at radius 1 is 1.08 bits per heavy atom. The zero-order chi connectivity index (χ0) is 17.2. The fourth-order valence-corrected chi connectivity index (χ4v) is 3.54. The molecule has 7 heteroatoms. The van der Waals surface area contributed by atoms with Gasteiger partial charge in [0.05, 0.1) is 6.20 Å². The van der Waals surface area contributed by atoms with Crippen molar-refractivity contribution in [2.75, 3.05) is 42.5 Å². The number of carbonyl (C=O) groups is 1. The van der Waals surface area contributed by atoms with Crippen LogP contribution in [0.4, 0.5) is 17.5 Å². The van der Waals surface area contributed by atoms with Gasteiger partial charge in [-0.05, 0) is 24.5 Å². The van der Waals surface area contributed by atoms with E-state index in [4.69, 9.17) is 4.98 Å². The SMILES string of the molecule is CC(=O)N1CCN(c2nncc(N3CCCc4ccccc43)n2)CC1. The number of fused-ring (bicyclic) bond motifs is 1. The summed E-state index contributed by atoms with van der Waals surface area (Å²) in [6.07, 6.45) is 3.94. The number of anilines is 3. The van der Waals surface area contributed by atoms with Crippen molar-refractivity contribution in [1.82, 2.24) is 20.1 Å². The van der Waals surface area contributed by atoms with Crippen LogP contribution in [0.5, 0.6) is 0 Å². The second kappa shape index (κ2) is 6.66. The molecular formula is C18H22N6O. The Morgan fingerprint density at radius 2 is 1.88 bits per heavy atom. The van der Waals surface area contributed by atoms with E-state index >= 15 is 0 Å². The minimum atomic E-state index is 0.123.